The highest BCUT2D eigenvalue weighted by Crippen LogP contribution is 2.38. The number of hydrogen-bond acceptors (Lipinski definition) is 4. The van der Waals surface area contributed by atoms with Gasteiger partial charge in [0.15, 0.2) is 11.5 Å². The van der Waals surface area contributed by atoms with Gasteiger partial charge >= 0.3 is 0 Å². The Morgan fingerprint density at radius 2 is 1.69 bits per heavy atom. The third-order valence-electron chi connectivity index (χ3n) is 4.60. The van der Waals surface area contributed by atoms with Gasteiger partial charge < -0.3 is 19.3 Å². The van der Waals surface area contributed by atoms with Gasteiger partial charge in [-0.25, -0.2) is 4.39 Å². The molecule has 0 radical (unpaired) electrons. The van der Waals surface area contributed by atoms with E-state index in [9.17, 15) is 9.18 Å². The number of carbonyl (C=O) groups is 1. The Morgan fingerprint density at radius 1 is 1.00 bits per heavy atom. The number of benzene rings is 2. The smallest absolute Gasteiger partial charge is 0.254 e. The molecule has 0 spiro atoms. The van der Waals surface area contributed by atoms with Crippen LogP contribution in [0.5, 0.6) is 11.5 Å². The van der Waals surface area contributed by atoms with Crippen LogP contribution in [0.25, 0.3) is 0 Å². The molecule has 0 bridgehead atoms. The molecular formula is C19H18ClFN2O3. The molecule has 0 saturated carbocycles. The van der Waals surface area contributed by atoms with Crippen LogP contribution >= 0.6 is 11.6 Å². The topological polar surface area (TPSA) is 42.0 Å². The molecule has 2 heterocycles. The van der Waals surface area contributed by atoms with Crippen molar-refractivity contribution in [2.24, 2.45) is 0 Å². The Kier molecular flexibility index (Phi) is 4.59. The number of anilines is 1. The van der Waals surface area contributed by atoms with E-state index in [-0.39, 0.29) is 11.7 Å². The first-order chi connectivity index (χ1) is 12.6. The van der Waals surface area contributed by atoms with Crippen molar-refractivity contribution in [2.75, 3.05) is 44.3 Å². The predicted molar refractivity (Wildman–Crippen MR) is 97.0 cm³/mol. The van der Waals surface area contributed by atoms with Gasteiger partial charge in [-0.05, 0) is 36.4 Å². The Balaban J connectivity index is 1.45. The number of halogens is 2. The molecule has 136 valence electrons. The van der Waals surface area contributed by atoms with Crippen LogP contribution in [0, 0.1) is 5.82 Å². The second-order valence-electron chi connectivity index (χ2n) is 6.24. The highest BCUT2D eigenvalue weighted by atomic mass is 35.5. The molecule has 0 aromatic heterocycles. The van der Waals surface area contributed by atoms with E-state index in [1.807, 2.05) is 0 Å². The predicted octanol–water partition coefficient (Wildman–Crippen LogP) is 3.21. The highest BCUT2D eigenvalue weighted by Gasteiger charge is 2.25. The van der Waals surface area contributed by atoms with Crippen LogP contribution in [-0.4, -0.2) is 50.2 Å². The minimum Gasteiger partial charge on any atom is -0.486 e. The van der Waals surface area contributed by atoms with Gasteiger partial charge in [0.2, 0.25) is 0 Å². The lowest BCUT2D eigenvalue weighted by Crippen LogP contribution is -2.48. The zero-order chi connectivity index (χ0) is 18.1. The number of carbonyl (C=O) groups excluding carboxylic acids is 1. The molecule has 0 unspecified atom stereocenters. The summed E-state index contributed by atoms with van der Waals surface area (Å²) in [6.45, 7) is 3.44. The molecule has 4 rings (SSSR count). The van der Waals surface area contributed by atoms with E-state index in [0.29, 0.717) is 61.5 Å². The number of fused-ring (bicyclic) bond motifs is 1. The Labute approximate surface area is 155 Å². The summed E-state index contributed by atoms with van der Waals surface area (Å²) in [4.78, 5) is 16.8. The van der Waals surface area contributed by atoms with Crippen molar-refractivity contribution in [1.82, 2.24) is 4.90 Å². The van der Waals surface area contributed by atoms with Gasteiger partial charge in [0.1, 0.15) is 19.0 Å². The normalized spacial score (nSPS) is 16.5. The van der Waals surface area contributed by atoms with Crippen LogP contribution in [0.4, 0.5) is 10.1 Å². The summed E-state index contributed by atoms with van der Waals surface area (Å²) in [6, 6.07) is 9.73. The highest BCUT2D eigenvalue weighted by molar-refractivity contribution is 6.32. The first-order valence-corrected chi connectivity index (χ1v) is 8.88. The fourth-order valence-corrected chi connectivity index (χ4v) is 3.50. The molecule has 2 aromatic carbocycles. The van der Waals surface area contributed by atoms with Crippen LogP contribution in [-0.2, 0) is 0 Å². The van der Waals surface area contributed by atoms with Crippen molar-refractivity contribution in [3.8, 4) is 11.5 Å². The Morgan fingerprint density at radius 3 is 2.42 bits per heavy atom. The molecule has 1 amide bonds. The molecule has 2 aromatic rings. The van der Waals surface area contributed by atoms with Crippen LogP contribution in [0.2, 0.25) is 5.02 Å². The van der Waals surface area contributed by atoms with Gasteiger partial charge in [-0.1, -0.05) is 11.6 Å². The first kappa shape index (κ1) is 17.0. The maximum atomic E-state index is 13.1. The number of piperazine rings is 1. The van der Waals surface area contributed by atoms with E-state index in [4.69, 9.17) is 21.1 Å². The van der Waals surface area contributed by atoms with Crippen molar-refractivity contribution >= 4 is 23.2 Å². The Hall–Kier alpha value is -2.47. The van der Waals surface area contributed by atoms with Gasteiger partial charge in [0.05, 0.1) is 5.02 Å². The zero-order valence-corrected chi connectivity index (χ0v) is 14.8. The third kappa shape index (κ3) is 3.29. The molecule has 7 heteroatoms. The van der Waals surface area contributed by atoms with Gasteiger partial charge in [-0.3, -0.25) is 4.79 Å². The summed E-state index contributed by atoms with van der Waals surface area (Å²) in [6.07, 6.45) is 0. The summed E-state index contributed by atoms with van der Waals surface area (Å²) in [5.41, 5.74) is 1.45. The van der Waals surface area contributed by atoms with Crippen molar-refractivity contribution in [1.29, 1.82) is 0 Å². The molecule has 5 nitrogen and oxygen atoms in total. The molecule has 0 aliphatic carbocycles. The van der Waals surface area contributed by atoms with E-state index in [1.54, 1.807) is 29.2 Å². The van der Waals surface area contributed by atoms with Crippen LogP contribution in [0.3, 0.4) is 0 Å². The lowest BCUT2D eigenvalue weighted by molar-refractivity contribution is 0.0745. The second kappa shape index (κ2) is 7.03. The second-order valence-corrected chi connectivity index (χ2v) is 6.65. The standard InChI is InChI=1S/C19H18ClFN2O3/c20-16-11-13(12-17-18(16)26-10-9-25-17)19(24)23-7-5-22(6-8-23)15-3-1-14(21)2-4-15/h1-4,11-12H,5-10H2. The lowest BCUT2D eigenvalue weighted by Gasteiger charge is -2.36. The number of hydrogen-bond donors (Lipinski definition) is 0. The fourth-order valence-electron chi connectivity index (χ4n) is 3.24. The van der Waals surface area contributed by atoms with E-state index in [0.717, 1.165) is 5.69 Å². The van der Waals surface area contributed by atoms with Gasteiger partial charge in [-0.15, -0.1) is 0 Å². The van der Waals surface area contributed by atoms with Gasteiger partial charge in [-0.2, -0.15) is 0 Å². The quantitative estimate of drug-likeness (QED) is 0.807. The van der Waals surface area contributed by atoms with Crippen molar-refractivity contribution in [2.45, 2.75) is 0 Å². The van der Waals surface area contributed by atoms with Gasteiger partial charge in [0.25, 0.3) is 5.91 Å². The molecule has 1 fully saturated rings. The number of amides is 1. The molecule has 2 aliphatic rings. The van der Waals surface area contributed by atoms with Gasteiger partial charge in [0, 0.05) is 37.4 Å². The minimum atomic E-state index is -0.252. The summed E-state index contributed by atoms with van der Waals surface area (Å²) in [5.74, 6) is 0.674. The summed E-state index contributed by atoms with van der Waals surface area (Å²) in [7, 11) is 0. The molecule has 1 saturated heterocycles. The fraction of sp³-hybridized carbons (Fsp3) is 0.316. The monoisotopic (exact) mass is 376 g/mol. The van der Waals surface area contributed by atoms with Crippen molar-refractivity contribution in [3.63, 3.8) is 0 Å². The molecular weight excluding hydrogens is 359 g/mol. The Bertz CT molecular complexity index is 820. The number of rotatable bonds is 2. The summed E-state index contributed by atoms with van der Waals surface area (Å²) >= 11 is 6.23. The summed E-state index contributed by atoms with van der Waals surface area (Å²) in [5, 5.41) is 0.385. The van der Waals surface area contributed by atoms with E-state index < -0.39 is 0 Å². The van der Waals surface area contributed by atoms with Crippen LogP contribution in [0.15, 0.2) is 36.4 Å². The average Bonchev–Trinajstić information content (AvgIpc) is 2.68. The SMILES string of the molecule is O=C(c1cc(Cl)c2c(c1)OCCO2)N1CCN(c2ccc(F)cc2)CC1. The van der Waals surface area contributed by atoms with Crippen LogP contribution in [0.1, 0.15) is 10.4 Å². The molecule has 2 aliphatic heterocycles. The van der Waals surface area contributed by atoms with Crippen LogP contribution < -0.4 is 14.4 Å². The molecule has 26 heavy (non-hydrogen) atoms. The average molecular weight is 377 g/mol. The van der Waals surface area contributed by atoms with Crippen molar-refractivity contribution in [3.05, 3.63) is 52.8 Å². The van der Waals surface area contributed by atoms with E-state index in [1.165, 1.54) is 12.1 Å². The van der Waals surface area contributed by atoms with E-state index >= 15 is 0 Å². The molecule has 0 atom stereocenters. The molecule has 0 N–H and O–H groups in total. The first-order valence-electron chi connectivity index (χ1n) is 8.51. The maximum absolute atomic E-state index is 13.1. The minimum absolute atomic E-state index is 0.0809. The lowest BCUT2D eigenvalue weighted by atomic mass is 10.1. The largest absolute Gasteiger partial charge is 0.486 e. The van der Waals surface area contributed by atoms with E-state index in [2.05, 4.69) is 4.90 Å². The summed E-state index contributed by atoms with van der Waals surface area (Å²) < 4.78 is 24.1. The third-order valence-corrected chi connectivity index (χ3v) is 4.88. The van der Waals surface area contributed by atoms with Crippen molar-refractivity contribution < 1.29 is 18.7 Å². The number of ether oxygens (including phenoxy) is 2. The zero-order valence-electron chi connectivity index (χ0n) is 14.1. The number of nitrogens with zero attached hydrogens (tertiary/aromatic N) is 2. The maximum Gasteiger partial charge on any atom is 0.254 e.